The monoisotopic (exact) mass is 238 g/mol. The van der Waals surface area contributed by atoms with Crippen LogP contribution in [0.1, 0.15) is 31.4 Å². The molecule has 0 saturated carbocycles. The van der Waals surface area contributed by atoms with Gasteiger partial charge in [-0.1, -0.05) is 0 Å². The van der Waals surface area contributed by atoms with Gasteiger partial charge in [0.15, 0.2) is 0 Å². The van der Waals surface area contributed by atoms with Crippen molar-refractivity contribution in [3.8, 4) is 0 Å². The van der Waals surface area contributed by atoms with Gasteiger partial charge in [0, 0.05) is 26.5 Å². The first-order valence-electron chi connectivity index (χ1n) is 6.38. The van der Waals surface area contributed by atoms with E-state index in [0.29, 0.717) is 5.92 Å². The van der Waals surface area contributed by atoms with Gasteiger partial charge >= 0.3 is 0 Å². The molecule has 0 radical (unpaired) electrons. The minimum atomic E-state index is 0.275. The first kappa shape index (κ1) is 12.5. The summed E-state index contributed by atoms with van der Waals surface area (Å²) in [6.07, 6.45) is 4.34. The summed E-state index contributed by atoms with van der Waals surface area (Å²) in [7, 11) is 1.74. The number of ether oxygens (including phenoxy) is 1. The molecule has 5 nitrogen and oxygen atoms in total. The van der Waals surface area contributed by atoms with Crippen molar-refractivity contribution >= 4 is 0 Å². The van der Waals surface area contributed by atoms with Gasteiger partial charge in [0.1, 0.15) is 11.6 Å². The SMILES string of the molecule is COC(C)CCc1nnc2n1CC(CN)CC2. The second-order valence-electron chi connectivity index (χ2n) is 4.87. The van der Waals surface area contributed by atoms with E-state index in [0.717, 1.165) is 50.4 Å². The topological polar surface area (TPSA) is 66.0 Å². The molecule has 2 heterocycles. The van der Waals surface area contributed by atoms with Crippen molar-refractivity contribution in [3.63, 3.8) is 0 Å². The van der Waals surface area contributed by atoms with Crippen molar-refractivity contribution in [2.75, 3.05) is 13.7 Å². The summed E-state index contributed by atoms with van der Waals surface area (Å²) >= 11 is 0. The second kappa shape index (κ2) is 5.60. The lowest BCUT2D eigenvalue weighted by Gasteiger charge is -2.23. The smallest absolute Gasteiger partial charge is 0.133 e. The van der Waals surface area contributed by atoms with E-state index in [1.54, 1.807) is 7.11 Å². The summed E-state index contributed by atoms with van der Waals surface area (Å²) < 4.78 is 7.51. The maximum Gasteiger partial charge on any atom is 0.133 e. The Morgan fingerprint density at radius 2 is 2.35 bits per heavy atom. The maximum absolute atomic E-state index is 5.75. The molecule has 2 rings (SSSR count). The predicted molar refractivity (Wildman–Crippen MR) is 65.7 cm³/mol. The van der Waals surface area contributed by atoms with Crippen molar-refractivity contribution < 1.29 is 4.74 Å². The van der Waals surface area contributed by atoms with Crippen LogP contribution in [0.3, 0.4) is 0 Å². The molecule has 2 unspecified atom stereocenters. The molecular formula is C12H22N4O. The van der Waals surface area contributed by atoms with Gasteiger partial charge in [0.05, 0.1) is 6.10 Å². The zero-order valence-corrected chi connectivity index (χ0v) is 10.7. The molecule has 5 heteroatoms. The number of methoxy groups -OCH3 is 1. The standard InChI is InChI=1S/C12H22N4O/c1-9(17-2)3-5-11-14-15-12-6-4-10(7-13)8-16(11)12/h9-10H,3-8,13H2,1-2H3. The van der Waals surface area contributed by atoms with Crippen LogP contribution in [0.15, 0.2) is 0 Å². The van der Waals surface area contributed by atoms with Gasteiger partial charge in [-0.05, 0) is 32.2 Å². The predicted octanol–water partition coefficient (Wildman–Crippen LogP) is 0.767. The van der Waals surface area contributed by atoms with Crippen LogP contribution >= 0.6 is 0 Å². The third-order valence-electron chi connectivity index (χ3n) is 3.63. The van der Waals surface area contributed by atoms with Crippen molar-refractivity contribution in [2.24, 2.45) is 11.7 Å². The number of fused-ring (bicyclic) bond motifs is 1. The van der Waals surface area contributed by atoms with Gasteiger partial charge in [-0.2, -0.15) is 0 Å². The summed E-state index contributed by atoms with van der Waals surface area (Å²) in [5.41, 5.74) is 5.75. The van der Waals surface area contributed by atoms with Gasteiger partial charge in [0.25, 0.3) is 0 Å². The number of hydrogen-bond acceptors (Lipinski definition) is 4. The highest BCUT2D eigenvalue weighted by Crippen LogP contribution is 2.20. The zero-order valence-electron chi connectivity index (χ0n) is 10.7. The van der Waals surface area contributed by atoms with Gasteiger partial charge in [-0.15, -0.1) is 10.2 Å². The Labute approximate surface area is 102 Å². The highest BCUT2D eigenvalue weighted by Gasteiger charge is 2.21. The molecule has 0 bridgehead atoms. The van der Waals surface area contributed by atoms with Gasteiger partial charge < -0.3 is 15.0 Å². The van der Waals surface area contributed by atoms with Gasteiger partial charge in [-0.3, -0.25) is 0 Å². The quantitative estimate of drug-likeness (QED) is 0.822. The van der Waals surface area contributed by atoms with Gasteiger partial charge in [-0.25, -0.2) is 0 Å². The zero-order chi connectivity index (χ0) is 12.3. The largest absolute Gasteiger partial charge is 0.382 e. The van der Waals surface area contributed by atoms with Crippen LogP contribution < -0.4 is 5.73 Å². The van der Waals surface area contributed by atoms with Crippen molar-refractivity contribution in [1.82, 2.24) is 14.8 Å². The number of aromatic nitrogens is 3. The summed E-state index contributed by atoms with van der Waals surface area (Å²) in [5.74, 6) is 2.79. The number of nitrogens with zero attached hydrogens (tertiary/aromatic N) is 3. The lowest BCUT2D eigenvalue weighted by Crippen LogP contribution is -2.27. The van der Waals surface area contributed by atoms with E-state index in [1.807, 2.05) is 0 Å². The Bertz CT molecular complexity index is 363. The molecule has 1 aromatic heterocycles. The highest BCUT2D eigenvalue weighted by molar-refractivity contribution is 5.00. The number of rotatable bonds is 5. The van der Waals surface area contributed by atoms with E-state index in [9.17, 15) is 0 Å². The van der Waals surface area contributed by atoms with E-state index in [4.69, 9.17) is 10.5 Å². The molecule has 0 saturated heterocycles. The average Bonchev–Trinajstić information content (AvgIpc) is 2.78. The Morgan fingerprint density at radius 3 is 3.06 bits per heavy atom. The van der Waals surface area contributed by atoms with Crippen molar-refractivity contribution in [2.45, 2.75) is 45.3 Å². The van der Waals surface area contributed by atoms with E-state index in [2.05, 4.69) is 21.7 Å². The van der Waals surface area contributed by atoms with E-state index >= 15 is 0 Å². The summed E-state index contributed by atoms with van der Waals surface area (Å²) in [6, 6.07) is 0. The third kappa shape index (κ3) is 2.84. The fourth-order valence-electron chi connectivity index (χ4n) is 2.28. The summed E-state index contributed by atoms with van der Waals surface area (Å²) in [6.45, 7) is 3.82. The average molecular weight is 238 g/mol. The van der Waals surface area contributed by atoms with Crippen LogP contribution in [-0.2, 0) is 24.1 Å². The summed E-state index contributed by atoms with van der Waals surface area (Å²) in [5, 5.41) is 8.55. The fourth-order valence-corrected chi connectivity index (χ4v) is 2.28. The Morgan fingerprint density at radius 1 is 1.53 bits per heavy atom. The Hall–Kier alpha value is -0.940. The first-order valence-corrected chi connectivity index (χ1v) is 6.38. The molecule has 1 aliphatic heterocycles. The lowest BCUT2D eigenvalue weighted by molar-refractivity contribution is 0.110. The molecule has 0 spiro atoms. The molecule has 0 aliphatic carbocycles. The van der Waals surface area contributed by atoms with Crippen LogP contribution in [-0.4, -0.2) is 34.5 Å². The highest BCUT2D eigenvalue weighted by atomic mass is 16.5. The van der Waals surface area contributed by atoms with Crippen LogP contribution in [0.4, 0.5) is 0 Å². The molecular weight excluding hydrogens is 216 g/mol. The van der Waals surface area contributed by atoms with Crippen LogP contribution in [0, 0.1) is 5.92 Å². The fraction of sp³-hybridized carbons (Fsp3) is 0.833. The van der Waals surface area contributed by atoms with Crippen LogP contribution in [0.5, 0.6) is 0 Å². The van der Waals surface area contributed by atoms with Crippen molar-refractivity contribution in [1.29, 1.82) is 0 Å². The number of hydrogen-bond donors (Lipinski definition) is 1. The first-order chi connectivity index (χ1) is 8.24. The molecule has 2 atom stereocenters. The number of aryl methyl sites for hydroxylation is 2. The molecule has 17 heavy (non-hydrogen) atoms. The lowest BCUT2D eigenvalue weighted by atomic mass is 9.99. The minimum Gasteiger partial charge on any atom is -0.382 e. The molecule has 1 aromatic rings. The molecule has 0 amide bonds. The van der Waals surface area contributed by atoms with E-state index in [1.165, 1.54) is 0 Å². The normalized spacial score (nSPS) is 21.2. The second-order valence-corrected chi connectivity index (χ2v) is 4.87. The van der Waals surface area contributed by atoms with Crippen molar-refractivity contribution in [3.05, 3.63) is 11.6 Å². The van der Waals surface area contributed by atoms with E-state index in [-0.39, 0.29) is 6.10 Å². The molecule has 2 N–H and O–H groups in total. The minimum absolute atomic E-state index is 0.275. The molecule has 1 aliphatic rings. The molecule has 0 fully saturated rings. The van der Waals surface area contributed by atoms with Gasteiger partial charge in [0.2, 0.25) is 0 Å². The van der Waals surface area contributed by atoms with Crippen LogP contribution in [0.25, 0.3) is 0 Å². The molecule has 96 valence electrons. The van der Waals surface area contributed by atoms with Crippen LogP contribution in [0.2, 0.25) is 0 Å². The third-order valence-corrected chi connectivity index (χ3v) is 3.63. The summed E-state index contributed by atoms with van der Waals surface area (Å²) in [4.78, 5) is 0. The Balaban J connectivity index is 2.02. The number of nitrogens with two attached hydrogens (primary N) is 1. The Kier molecular flexibility index (Phi) is 4.12. The molecule has 0 aromatic carbocycles. The van der Waals surface area contributed by atoms with E-state index < -0.39 is 0 Å². The maximum atomic E-state index is 5.75.